The van der Waals surface area contributed by atoms with Crippen LogP contribution in [0.2, 0.25) is 0 Å². The van der Waals surface area contributed by atoms with Crippen molar-refractivity contribution >= 4 is 35.6 Å². The smallest absolute Gasteiger partial charge is 0.194 e. The maximum Gasteiger partial charge on any atom is 0.194 e. The van der Waals surface area contributed by atoms with E-state index in [0.717, 1.165) is 57.5 Å². The summed E-state index contributed by atoms with van der Waals surface area (Å²) in [7, 11) is 1.74. The fraction of sp³-hybridized carbons (Fsp3) is 0.667. The number of ether oxygens (including phenoxy) is 1. The minimum absolute atomic E-state index is 0. The maximum atomic E-state index is 5.53. The third-order valence-corrected chi connectivity index (χ3v) is 5.70. The van der Waals surface area contributed by atoms with Gasteiger partial charge in [0.05, 0.1) is 19.3 Å². The van der Waals surface area contributed by atoms with E-state index in [-0.39, 0.29) is 24.0 Å². The summed E-state index contributed by atoms with van der Waals surface area (Å²) in [6.45, 7) is 12.5. The molecule has 3 rings (SSSR count). The zero-order valence-corrected chi connectivity index (χ0v) is 19.9. The number of rotatable bonds is 6. The van der Waals surface area contributed by atoms with Gasteiger partial charge in [0, 0.05) is 38.8 Å². The highest BCUT2D eigenvalue weighted by Gasteiger charge is 2.24. The molecule has 2 aliphatic heterocycles. The number of nitrogens with zero attached hydrogens (tertiary/aromatic N) is 4. The second kappa shape index (κ2) is 11.7. The summed E-state index contributed by atoms with van der Waals surface area (Å²) in [6.07, 6.45) is 2.58. The van der Waals surface area contributed by atoms with Gasteiger partial charge in [-0.25, -0.2) is 0 Å². The molecule has 158 valence electrons. The molecule has 1 aromatic carbocycles. The SMILES string of the molecule is CCNC(=NCC1CCCN1CC)N1CCN(c2ccccc2OC)CC1.I. The number of hydrogen-bond donors (Lipinski definition) is 1. The fourth-order valence-corrected chi connectivity index (χ4v) is 4.19. The molecule has 0 aromatic heterocycles. The first-order valence-electron chi connectivity index (χ1n) is 10.4. The molecular formula is C21H36IN5O. The molecule has 2 aliphatic rings. The van der Waals surface area contributed by atoms with E-state index in [1.165, 1.54) is 25.1 Å². The number of likely N-dealkylation sites (N-methyl/N-ethyl adjacent to an activating group) is 1. The Balaban J connectivity index is 0.00000280. The summed E-state index contributed by atoms with van der Waals surface area (Å²) in [5, 5.41) is 3.50. The quantitative estimate of drug-likeness (QED) is 0.369. The molecule has 0 spiro atoms. The molecule has 0 amide bonds. The van der Waals surface area contributed by atoms with Crippen molar-refractivity contribution in [1.82, 2.24) is 15.1 Å². The molecule has 0 bridgehead atoms. The fourth-order valence-electron chi connectivity index (χ4n) is 4.19. The molecule has 1 aromatic rings. The number of methoxy groups -OCH3 is 1. The van der Waals surface area contributed by atoms with Crippen LogP contribution in [0.4, 0.5) is 5.69 Å². The second-order valence-corrected chi connectivity index (χ2v) is 7.27. The van der Waals surface area contributed by atoms with Crippen LogP contribution in [0.3, 0.4) is 0 Å². The number of para-hydroxylation sites is 2. The average Bonchev–Trinajstić information content (AvgIpc) is 3.19. The van der Waals surface area contributed by atoms with E-state index >= 15 is 0 Å². The number of guanidine groups is 1. The lowest BCUT2D eigenvalue weighted by Gasteiger charge is -2.38. The van der Waals surface area contributed by atoms with E-state index in [1.807, 2.05) is 12.1 Å². The maximum absolute atomic E-state index is 5.53. The van der Waals surface area contributed by atoms with Crippen LogP contribution >= 0.6 is 24.0 Å². The standard InChI is InChI=1S/C21H35N5O.HI/c1-4-22-21(23-17-18-9-8-12-24(18)5-2)26-15-13-25(14-16-26)19-10-6-7-11-20(19)27-3;/h6-7,10-11,18H,4-5,8-9,12-17H2,1-3H3,(H,22,23);1H. The molecular weight excluding hydrogens is 465 g/mol. The lowest BCUT2D eigenvalue weighted by Crippen LogP contribution is -2.53. The number of aliphatic imine (C=N–C) groups is 1. The molecule has 28 heavy (non-hydrogen) atoms. The van der Waals surface area contributed by atoms with Gasteiger partial charge in [0.1, 0.15) is 5.75 Å². The van der Waals surface area contributed by atoms with Gasteiger partial charge in [0.15, 0.2) is 5.96 Å². The monoisotopic (exact) mass is 501 g/mol. The van der Waals surface area contributed by atoms with Crippen molar-refractivity contribution in [3.63, 3.8) is 0 Å². The van der Waals surface area contributed by atoms with Crippen molar-refractivity contribution in [2.24, 2.45) is 4.99 Å². The van der Waals surface area contributed by atoms with Gasteiger partial charge in [-0.3, -0.25) is 9.89 Å². The summed E-state index contributed by atoms with van der Waals surface area (Å²) in [4.78, 5) is 12.4. The van der Waals surface area contributed by atoms with Crippen molar-refractivity contribution in [2.45, 2.75) is 32.7 Å². The minimum Gasteiger partial charge on any atom is -0.495 e. The van der Waals surface area contributed by atoms with Crippen LogP contribution in [-0.4, -0.2) is 81.3 Å². The lowest BCUT2D eigenvalue weighted by molar-refractivity contribution is 0.271. The summed E-state index contributed by atoms with van der Waals surface area (Å²) in [5.41, 5.74) is 1.19. The molecule has 0 aliphatic carbocycles. The highest BCUT2D eigenvalue weighted by Crippen LogP contribution is 2.28. The normalized spacial score (nSPS) is 20.8. The number of anilines is 1. The van der Waals surface area contributed by atoms with E-state index in [0.29, 0.717) is 6.04 Å². The van der Waals surface area contributed by atoms with Crippen LogP contribution in [0.5, 0.6) is 5.75 Å². The van der Waals surface area contributed by atoms with Gasteiger partial charge < -0.3 is 19.9 Å². The Kier molecular flexibility index (Phi) is 9.64. The van der Waals surface area contributed by atoms with Gasteiger partial charge in [-0.1, -0.05) is 19.1 Å². The Labute approximate surface area is 187 Å². The van der Waals surface area contributed by atoms with E-state index in [2.05, 4.69) is 46.0 Å². The molecule has 6 nitrogen and oxygen atoms in total. The third kappa shape index (κ3) is 5.65. The van der Waals surface area contributed by atoms with E-state index in [9.17, 15) is 0 Å². The Morgan fingerprint density at radius 3 is 2.57 bits per heavy atom. The molecule has 0 radical (unpaired) electrons. The van der Waals surface area contributed by atoms with Gasteiger partial charge in [-0.05, 0) is 45.0 Å². The predicted molar refractivity (Wildman–Crippen MR) is 128 cm³/mol. The van der Waals surface area contributed by atoms with Crippen molar-refractivity contribution in [1.29, 1.82) is 0 Å². The van der Waals surface area contributed by atoms with Gasteiger partial charge in [0.2, 0.25) is 0 Å². The van der Waals surface area contributed by atoms with Crippen LogP contribution in [0.1, 0.15) is 26.7 Å². The second-order valence-electron chi connectivity index (χ2n) is 7.27. The topological polar surface area (TPSA) is 43.3 Å². The zero-order chi connectivity index (χ0) is 19.1. The van der Waals surface area contributed by atoms with Crippen molar-refractivity contribution in [2.75, 3.05) is 64.4 Å². The van der Waals surface area contributed by atoms with Gasteiger partial charge in [-0.2, -0.15) is 0 Å². The number of hydrogen-bond acceptors (Lipinski definition) is 4. The zero-order valence-electron chi connectivity index (χ0n) is 17.6. The van der Waals surface area contributed by atoms with Crippen LogP contribution in [-0.2, 0) is 0 Å². The summed E-state index contributed by atoms with van der Waals surface area (Å²) >= 11 is 0. The van der Waals surface area contributed by atoms with Gasteiger partial charge >= 0.3 is 0 Å². The summed E-state index contributed by atoms with van der Waals surface area (Å²) in [6, 6.07) is 8.90. The lowest BCUT2D eigenvalue weighted by atomic mass is 10.2. The number of halogens is 1. The molecule has 2 saturated heterocycles. The van der Waals surface area contributed by atoms with Crippen molar-refractivity contribution in [3.8, 4) is 5.75 Å². The number of nitrogens with one attached hydrogen (secondary N) is 1. The number of benzene rings is 1. The Bertz CT molecular complexity index is 619. The van der Waals surface area contributed by atoms with Crippen LogP contribution < -0.4 is 15.0 Å². The first-order chi connectivity index (χ1) is 13.3. The van der Waals surface area contributed by atoms with Crippen LogP contribution in [0.15, 0.2) is 29.3 Å². The summed E-state index contributed by atoms with van der Waals surface area (Å²) < 4.78 is 5.53. The molecule has 1 unspecified atom stereocenters. The molecule has 2 heterocycles. The van der Waals surface area contributed by atoms with Crippen molar-refractivity contribution in [3.05, 3.63) is 24.3 Å². The highest BCUT2D eigenvalue weighted by molar-refractivity contribution is 14.0. The summed E-state index contributed by atoms with van der Waals surface area (Å²) in [5.74, 6) is 2.02. The highest BCUT2D eigenvalue weighted by atomic mass is 127. The molecule has 7 heteroatoms. The molecule has 1 atom stereocenters. The minimum atomic E-state index is 0. The van der Waals surface area contributed by atoms with Crippen LogP contribution in [0, 0.1) is 0 Å². The van der Waals surface area contributed by atoms with E-state index in [4.69, 9.17) is 9.73 Å². The largest absolute Gasteiger partial charge is 0.495 e. The average molecular weight is 501 g/mol. The number of piperazine rings is 1. The van der Waals surface area contributed by atoms with Gasteiger partial charge in [-0.15, -0.1) is 24.0 Å². The first kappa shape index (κ1) is 23.1. The van der Waals surface area contributed by atoms with E-state index in [1.54, 1.807) is 7.11 Å². The van der Waals surface area contributed by atoms with Gasteiger partial charge in [0.25, 0.3) is 0 Å². The Morgan fingerprint density at radius 2 is 1.89 bits per heavy atom. The third-order valence-electron chi connectivity index (χ3n) is 5.70. The Morgan fingerprint density at radius 1 is 1.14 bits per heavy atom. The predicted octanol–water partition coefficient (Wildman–Crippen LogP) is 2.89. The molecule has 1 N–H and O–H groups in total. The first-order valence-corrected chi connectivity index (χ1v) is 10.4. The van der Waals surface area contributed by atoms with E-state index < -0.39 is 0 Å². The number of likely N-dealkylation sites (tertiary alicyclic amines) is 1. The molecule has 2 fully saturated rings. The van der Waals surface area contributed by atoms with Crippen molar-refractivity contribution < 1.29 is 4.74 Å². The Hall–Kier alpha value is -1.22. The molecule has 0 saturated carbocycles. The van der Waals surface area contributed by atoms with Crippen LogP contribution in [0.25, 0.3) is 0 Å².